The van der Waals surface area contributed by atoms with E-state index in [1.165, 1.54) is 5.56 Å². The SMILES string of the molecule is CC(Cc1ccccc1)NC(=O)c1cc(Br)cnc1N. The Morgan fingerprint density at radius 2 is 2.10 bits per heavy atom. The predicted octanol–water partition coefficient (Wildman–Crippen LogP) is 2.79. The number of benzene rings is 1. The Balaban J connectivity index is 2.02. The summed E-state index contributed by atoms with van der Waals surface area (Å²) in [5.41, 5.74) is 7.30. The van der Waals surface area contributed by atoms with Crippen LogP contribution in [0.3, 0.4) is 0 Å². The lowest BCUT2D eigenvalue weighted by atomic mass is 10.1. The number of nitrogens with zero attached hydrogens (tertiary/aromatic N) is 1. The van der Waals surface area contributed by atoms with Crippen LogP contribution in [0.4, 0.5) is 5.82 Å². The number of nitrogen functional groups attached to an aromatic ring is 1. The van der Waals surface area contributed by atoms with Gasteiger partial charge in [0.15, 0.2) is 0 Å². The van der Waals surface area contributed by atoms with Crippen molar-refractivity contribution < 1.29 is 4.79 Å². The van der Waals surface area contributed by atoms with Gasteiger partial charge in [0.2, 0.25) is 0 Å². The highest BCUT2D eigenvalue weighted by Crippen LogP contribution is 2.15. The molecule has 1 heterocycles. The van der Waals surface area contributed by atoms with Gasteiger partial charge in [0, 0.05) is 16.7 Å². The molecule has 0 radical (unpaired) electrons. The lowest BCUT2D eigenvalue weighted by Gasteiger charge is -2.14. The molecular formula is C15H16BrN3O. The second-order valence-corrected chi connectivity index (χ2v) is 5.57. The van der Waals surface area contributed by atoms with Crippen molar-refractivity contribution in [2.75, 3.05) is 5.73 Å². The average Bonchev–Trinajstić information content (AvgIpc) is 2.42. The lowest BCUT2D eigenvalue weighted by molar-refractivity contribution is 0.0940. The van der Waals surface area contributed by atoms with Gasteiger partial charge in [-0.25, -0.2) is 4.98 Å². The molecule has 4 nitrogen and oxygen atoms in total. The van der Waals surface area contributed by atoms with Gasteiger partial charge in [0.25, 0.3) is 5.91 Å². The standard InChI is InChI=1S/C15H16BrN3O/c1-10(7-11-5-3-2-4-6-11)19-15(20)13-8-12(16)9-18-14(13)17/h2-6,8-10H,7H2,1H3,(H2,17,18)(H,19,20). The largest absolute Gasteiger partial charge is 0.383 e. The summed E-state index contributed by atoms with van der Waals surface area (Å²) in [6.45, 7) is 1.96. The number of amides is 1. The molecular weight excluding hydrogens is 318 g/mol. The highest BCUT2D eigenvalue weighted by Gasteiger charge is 2.14. The molecule has 1 unspecified atom stereocenters. The number of rotatable bonds is 4. The number of nitrogens with two attached hydrogens (primary N) is 1. The number of hydrogen-bond acceptors (Lipinski definition) is 3. The van der Waals surface area contributed by atoms with Crippen LogP contribution in [0.2, 0.25) is 0 Å². The van der Waals surface area contributed by atoms with E-state index < -0.39 is 0 Å². The Morgan fingerprint density at radius 1 is 1.40 bits per heavy atom. The van der Waals surface area contributed by atoms with Gasteiger partial charge < -0.3 is 11.1 Å². The average molecular weight is 334 g/mol. The van der Waals surface area contributed by atoms with Crippen LogP contribution in [-0.4, -0.2) is 16.9 Å². The van der Waals surface area contributed by atoms with Crippen LogP contribution in [0.1, 0.15) is 22.8 Å². The van der Waals surface area contributed by atoms with Crippen LogP contribution in [0, 0.1) is 0 Å². The van der Waals surface area contributed by atoms with Crippen LogP contribution in [0.15, 0.2) is 47.1 Å². The van der Waals surface area contributed by atoms with Gasteiger partial charge in [0.05, 0.1) is 5.56 Å². The highest BCUT2D eigenvalue weighted by molar-refractivity contribution is 9.10. The number of nitrogens with one attached hydrogen (secondary N) is 1. The molecule has 0 aliphatic rings. The van der Waals surface area contributed by atoms with E-state index in [4.69, 9.17) is 5.73 Å². The summed E-state index contributed by atoms with van der Waals surface area (Å²) < 4.78 is 0.729. The van der Waals surface area contributed by atoms with E-state index in [0.29, 0.717) is 5.56 Å². The molecule has 104 valence electrons. The van der Waals surface area contributed by atoms with Crippen LogP contribution >= 0.6 is 15.9 Å². The Labute approximate surface area is 126 Å². The number of carbonyl (C=O) groups is 1. The first-order valence-corrected chi connectivity index (χ1v) is 7.11. The smallest absolute Gasteiger partial charge is 0.255 e. The summed E-state index contributed by atoms with van der Waals surface area (Å²) in [4.78, 5) is 16.1. The first-order valence-electron chi connectivity index (χ1n) is 6.32. The van der Waals surface area contributed by atoms with Gasteiger partial charge in [-0.15, -0.1) is 0 Å². The third kappa shape index (κ3) is 3.81. The van der Waals surface area contributed by atoms with E-state index >= 15 is 0 Å². The second-order valence-electron chi connectivity index (χ2n) is 4.65. The molecule has 1 aromatic carbocycles. The van der Waals surface area contributed by atoms with Crippen molar-refractivity contribution in [2.24, 2.45) is 0 Å². The van der Waals surface area contributed by atoms with E-state index in [9.17, 15) is 4.79 Å². The Hall–Kier alpha value is -1.88. The molecule has 3 N–H and O–H groups in total. The van der Waals surface area contributed by atoms with Gasteiger partial charge >= 0.3 is 0 Å². The van der Waals surface area contributed by atoms with Crippen molar-refractivity contribution in [1.29, 1.82) is 0 Å². The number of pyridine rings is 1. The zero-order chi connectivity index (χ0) is 14.5. The monoisotopic (exact) mass is 333 g/mol. The molecule has 5 heteroatoms. The maximum atomic E-state index is 12.2. The first-order chi connectivity index (χ1) is 9.56. The third-order valence-corrected chi connectivity index (χ3v) is 3.33. The maximum absolute atomic E-state index is 12.2. The fourth-order valence-electron chi connectivity index (χ4n) is 1.95. The predicted molar refractivity (Wildman–Crippen MR) is 83.4 cm³/mol. The van der Waals surface area contributed by atoms with Gasteiger partial charge in [-0.3, -0.25) is 4.79 Å². The van der Waals surface area contributed by atoms with Crippen molar-refractivity contribution in [2.45, 2.75) is 19.4 Å². The number of hydrogen-bond donors (Lipinski definition) is 2. The van der Waals surface area contributed by atoms with Crippen molar-refractivity contribution in [1.82, 2.24) is 10.3 Å². The minimum atomic E-state index is -0.209. The molecule has 1 aromatic heterocycles. The first kappa shape index (κ1) is 14.5. The fourth-order valence-corrected chi connectivity index (χ4v) is 2.28. The molecule has 20 heavy (non-hydrogen) atoms. The minimum Gasteiger partial charge on any atom is -0.383 e. The molecule has 1 atom stereocenters. The van der Waals surface area contributed by atoms with E-state index in [0.717, 1.165) is 10.9 Å². The minimum absolute atomic E-state index is 0.0169. The van der Waals surface area contributed by atoms with Crippen LogP contribution in [0.25, 0.3) is 0 Å². The Kier molecular flexibility index (Phi) is 4.74. The van der Waals surface area contributed by atoms with E-state index in [1.54, 1.807) is 12.3 Å². The summed E-state index contributed by atoms with van der Waals surface area (Å²) in [5, 5.41) is 2.93. The maximum Gasteiger partial charge on any atom is 0.255 e. The van der Waals surface area contributed by atoms with Crippen molar-refractivity contribution in [3.8, 4) is 0 Å². The van der Waals surface area contributed by atoms with Gasteiger partial charge in [-0.1, -0.05) is 30.3 Å². The number of anilines is 1. The van der Waals surface area contributed by atoms with Gasteiger partial charge in [-0.05, 0) is 40.9 Å². The van der Waals surface area contributed by atoms with Crippen molar-refractivity contribution >= 4 is 27.7 Å². The fraction of sp³-hybridized carbons (Fsp3) is 0.200. The van der Waals surface area contributed by atoms with Crippen LogP contribution in [0.5, 0.6) is 0 Å². The number of carbonyl (C=O) groups excluding carboxylic acids is 1. The van der Waals surface area contributed by atoms with Crippen LogP contribution < -0.4 is 11.1 Å². The highest BCUT2D eigenvalue weighted by atomic mass is 79.9. The Bertz CT molecular complexity index is 601. The summed E-state index contributed by atoms with van der Waals surface area (Å²) >= 11 is 3.29. The summed E-state index contributed by atoms with van der Waals surface area (Å²) in [5.74, 6) is 0.0253. The third-order valence-electron chi connectivity index (χ3n) is 2.89. The molecule has 0 aliphatic heterocycles. The summed E-state index contributed by atoms with van der Waals surface area (Å²) in [6.07, 6.45) is 2.34. The summed E-state index contributed by atoms with van der Waals surface area (Å²) in [7, 11) is 0. The zero-order valence-electron chi connectivity index (χ0n) is 11.1. The molecule has 1 amide bonds. The molecule has 0 saturated heterocycles. The molecule has 0 fully saturated rings. The second kappa shape index (κ2) is 6.52. The normalized spacial score (nSPS) is 11.9. The quantitative estimate of drug-likeness (QED) is 0.903. The van der Waals surface area contributed by atoms with E-state index in [1.807, 2.05) is 37.3 Å². The topological polar surface area (TPSA) is 68.0 Å². The molecule has 0 aliphatic carbocycles. The Morgan fingerprint density at radius 3 is 2.80 bits per heavy atom. The lowest BCUT2D eigenvalue weighted by Crippen LogP contribution is -2.34. The molecule has 0 bridgehead atoms. The molecule has 0 saturated carbocycles. The zero-order valence-corrected chi connectivity index (χ0v) is 12.7. The van der Waals surface area contributed by atoms with Crippen molar-refractivity contribution in [3.63, 3.8) is 0 Å². The van der Waals surface area contributed by atoms with Gasteiger partial charge in [0.1, 0.15) is 5.82 Å². The number of aromatic nitrogens is 1. The summed E-state index contributed by atoms with van der Waals surface area (Å²) in [6, 6.07) is 11.7. The number of halogens is 1. The van der Waals surface area contributed by atoms with Crippen LogP contribution in [-0.2, 0) is 6.42 Å². The molecule has 0 spiro atoms. The van der Waals surface area contributed by atoms with Gasteiger partial charge in [-0.2, -0.15) is 0 Å². The van der Waals surface area contributed by atoms with E-state index in [-0.39, 0.29) is 17.8 Å². The van der Waals surface area contributed by atoms with Crippen molar-refractivity contribution in [3.05, 3.63) is 58.2 Å². The molecule has 2 aromatic rings. The van der Waals surface area contributed by atoms with E-state index in [2.05, 4.69) is 26.2 Å². The molecule has 2 rings (SSSR count).